The molecule has 2 amide bonds. The van der Waals surface area contributed by atoms with E-state index in [4.69, 9.17) is 0 Å². The monoisotopic (exact) mass is 585 g/mol. The molecule has 0 radical (unpaired) electrons. The molecule has 3 rings (SSSR count). The van der Waals surface area contributed by atoms with Crippen LogP contribution in [-0.2, 0) is 26.2 Å². The molecule has 3 aromatic carbocycles. The predicted octanol–water partition coefficient (Wildman–Crippen LogP) is 4.73. The molecule has 1 N–H and O–H groups in total. The molecule has 196 valence electrons. The van der Waals surface area contributed by atoms with E-state index in [9.17, 15) is 18.0 Å². The molecule has 0 bridgehead atoms. The maximum absolute atomic E-state index is 13.9. The highest BCUT2D eigenvalue weighted by molar-refractivity contribution is 9.10. The molecule has 0 aromatic heterocycles. The number of carbonyl (C=O) groups is 2. The number of carbonyl (C=O) groups excluding carboxylic acids is 2. The van der Waals surface area contributed by atoms with Gasteiger partial charge in [0.05, 0.1) is 10.6 Å². The molecule has 0 aliphatic rings. The third-order valence-corrected chi connectivity index (χ3v) is 8.50. The van der Waals surface area contributed by atoms with Crippen LogP contribution in [-0.4, -0.2) is 44.8 Å². The number of likely N-dealkylation sites (N-methyl/N-ethyl adjacent to an activating group) is 1. The Kier molecular flexibility index (Phi) is 9.15. The minimum Gasteiger partial charge on any atom is -0.357 e. The second kappa shape index (κ2) is 11.9. The van der Waals surface area contributed by atoms with Crippen LogP contribution in [0.25, 0.3) is 0 Å². The van der Waals surface area contributed by atoms with Crippen LogP contribution < -0.4 is 9.62 Å². The molecule has 0 saturated carbocycles. The van der Waals surface area contributed by atoms with Crippen LogP contribution in [0.1, 0.15) is 29.2 Å². The summed E-state index contributed by atoms with van der Waals surface area (Å²) in [5.74, 6) is -0.833. The fourth-order valence-corrected chi connectivity index (χ4v) is 5.65. The summed E-state index contributed by atoms with van der Waals surface area (Å²) in [6, 6.07) is 18.6. The highest BCUT2D eigenvalue weighted by Crippen LogP contribution is 2.28. The molecule has 0 spiro atoms. The fourth-order valence-electron chi connectivity index (χ4n) is 3.92. The largest absolute Gasteiger partial charge is 0.357 e. The van der Waals surface area contributed by atoms with E-state index in [0.717, 1.165) is 25.5 Å². The number of nitrogens with one attached hydrogen (secondary N) is 1. The molecule has 3 aromatic rings. The lowest BCUT2D eigenvalue weighted by molar-refractivity contribution is -0.139. The molecule has 0 aliphatic heterocycles. The zero-order chi connectivity index (χ0) is 27.3. The van der Waals surface area contributed by atoms with Crippen LogP contribution in [0.15, 0.2) is 76.1 Å². The van der Waals surface area contributed by atoms with Crippen molar-refractivity contribution in [1.29, 1.82) is 0 Å². The van der Waals surface area contributed by atoms with Crippen LogP contribution in [0, 0.1) is 20.8 Å². The maximum Gasteiger partial charge on any atom is 0.264 e. The van der Waals surface area contributed by atoms with Crippen molar-refractivity contribution in [2.75, 3.05) is 17.9 Å². The molecule has 0 saturated heterocycles. The number of aryl methyl sites for hydroxylation is 3. The quantitative estimate of drug-likeness (QED) is 0.393. The first kappa shape index (κ1) is 28.4. The van der Waals surface area contributed by atoms with Gasteiger partial charge < -0.3 is 10.2 Å². The second-order valence-electron chi connectivity index (χ2n) is 9.05. The van der Waals surface area contributed by atoms with Crippen LogP contribution in [0.3, 0.4) is 0 Å². The molecule has 0 heterocycles. The Morgan fingerprint density at radius 2 is 1.51 bits per heavy atom. The summed E-state index contributed by atoms with van der Waals surface area (Å²) in [6.07, 6.45) is 0. The van der Waals surface area contributed by atoms with Crippen molar-refractivity contribution in [3.8, 4) is 0 Å². The molecule has 7 nitrogen and oxygen atoms in total. The smallest absolute Gasteiger partial charge is 0.264 e. The number of amides is 2. The van der Waals surface area contributed by atoms with E-state index in [2.05, 4.69) is 21.2 Å². The highest BCUT2D eigenvalue weighted by atomic mass is 79.9. The molecule has 37 heavy (non-hydrogen) atoms. The Bertz CT molecular complexity index is 1370. The molecule has 0 aliphatic carbocycles. The molecule has 0 fully saturated rings. The molecule has 1 atom stereocenters. The zero-order valence-corrected chi connectivity index (χ0v) is 24.1. The van der Waals surface area contributed by atoms with Crippen LogP contribution in [0.2, 0.25) is 0 Å². The second-order valence-corrected chi connectivity index (χ2v) is 11.8. The molecule has 9 heteroatoms. The van der Waals surface area contributed by atoms with Crippen molar-refractivity contribution in [3.05, 3.63) is 93.5 Å². The molecular formula is C28H32BrN3O4S. The van der Waals surface area contributed by atoms with Crippen molar-refractivity contribution in [3.63, 3.8) is 0 Å². The summed E-state index contributed by atoms with van der Waals surface area (Å²) in [7, 11) is -2.58. The number of rotatable bonds is 9. The average Bonchev–Trinajstić information content (AvgIpc) is 2.87. The highest BCUT2D eigenvalue weighted by Gasteiger charge is 2.33. The lowest BCUT2D eigenvalue weighted by Crippen LogP contribution is -2.50. The van der Waals surface area contributed by atoms with Crippen LogP contribution in [0.5, 0.6) is 0 Å². The fraction of sp³-hybridized carbons (Fsp3) is 0.286. The van der Waals surface area contributed by atoms with Gasteiger partial charge in [0.2, 0.25) is 11.8 Å². The number of hydrogen-bond acceptors (Lipinski definition) is 4. The summed E-state index contributed by atoms with van der Waals surface area (Å²) in [4.78, 5) is 27.9. The van der Waals surface area contributed by atoms with E-state index in [1.54, 1.807) is 37.3 Å². The van der Waals surface area contributed by atoms with E-state index in [1.807, 2.05) is 57.2 Å². The first-order valence-corrected chi connectivity index (χ1v) is 14.1. The lowest BCUT2D eigenvalue weighted by Gasteiger charge is -2.32. The van der Waals surface area contributed by atoms with Crippen LogP contribution in [0.4, 0.5) is 5.69 Å². The van der Waals surface area contributed by atoms with Gasteiger partial charge in [-0.15, -0.1) is 0 Å². The van der Waals surface area contributed by atoms with Crippen molar-refractivity contribution in [2.24, 2.45) is 0 Å². The number of halogens is 1. The maximum atomic E-state index is 13.9. The minimum absolute atomic E-state index is 0.0885. The van der Waals surface area contributed by atoms with Crippen molar-refractivity contribution < 1.29 is 18.0 Å². The van der Waals surface area contributed by atoms with Gasteiger partial charge in [0.25, 0.3) is 10.0 Å². The van der Waals surface area contributed by atoms with Crippen LogP contribution >= 0.6 is 15.9 Å². The summed E-state index contributed by atoms with van der Waals surface area (Å²) in [5.41, 5.74) is 3.74. The number of nitrogens with zero attached hydrogens (tertiary/aromatic N) is 2. The Morgan fingerprint density at radius 1 is 0.919 bits per heavy atom. The summed E-state index contributed by atoms with van der Waals surface area (Å²) in [5, 5.41) is 2.59. The topological polar surface area (TPSA) is 86.8 Å². The van der Waals surface area contributed by atoms with E-state index >= 15 is 0 Å². The van der Waals surface area contributed by atoms with Gasteiger partial charge in [-0.05, 0) is 74.7 Å². The normalized spacial score (nSPS) is 12.1. The molecule has 0 unspecified atom stereocenters. The number of hydrogen-bond donors (Lipinski definition) is 1. The Labute approximate surface area is 227 Å². The Balaban J connectivity index is 2.07. The number of benzene rings is 3. The van der Waals surface area contributed by atoms with Gasteiger partial charge in [0.1, 0.15) is 12.6 Å². The van der Waals surface area contributed by atoms with E-state index < -0.39 is 28.5 Å². The summed E-state index contributed by atoms with van der Waals surface area (Å²) < 4.78 is 29.8. The van der Waals surface area contributed by atoms with Gasteiger partial charge in [-0.1, -0.05) is 57.9 Å². The SMILES string of the molecule is CNC(=O)[C@@H](C)N(Cc1ccc(Br)cc1)C(=O)CN(c1cc(C)ccc1C)S(=O)(=O)c1ccc(C)cc1. The summed E-state index contributed by atoms with van der Waals surface area (Å²) in [6.45, 7) is 6.87. The summed E-state index contributed by atoms with van der Waals surface area (Å²) >= 11 is 3.41. The van der Waals surface area contributed by atoms with Crippen molar-refractivity contribution >= 4 is 43.5 Å². The van der Waals surface area contributed by atoms with Gasteiger partial charge in [0.15, 0.2) is 0 Å². The molecular weight excluding hydrogens is 554 g/mol. The number of anilines is 1. The average molecular weight is 587 g/mol. The Hall–Kier alpha value is -3.17. The number of sulfonamides is 1. The standard InChI is InChI=1S/C28H32BrN3O4S/c1-19-7-14-25(15-8-19)37(35,36)32(26-16-20(2)6-9-21(26)3)18-27(33)31(22(4)28(34)30-5)17-23-10-12-24(29)13-11-23/h6-16,22H,17-18H2,1-5H3,(H,30,34)/t22-/m1/s1. The van der Waals surface area contributed by atoms with E-state index in [0.29, 0.717) is 11.3 Å². The first-order valence-electron chi connectivity index (χ1n) is 11.9. The third kappa shape index (κ3) is 6.78. The van der Waals surface area contributed by atoms with Crippen molar-refractivity contribution in [2.45, 2.75) is 45.2 Å². The van der Waals surface area contributed by atoms with Gasteiger partial charge in [0, 0.05) is 18.1 Å². The van der Waals surface area contributed by atoms with Gasteiger partial charge >= 0.3 is 0 Å². The van der Waals surface area contributed by atoms with E-state index in [1.165, 1.54) is 11.9 Å². The minimum atomic E-state index is -4.09. The van der Waals surface area contributed by atoms with Gasteiger partial charge in [-0.3, -0.25) is 13.9 Å². The predicted molar refractivity (Wildman–Crippen MR) is 150 cm³/mol. The third-order valence-electron chi connectivity index (χ3n) is 6.20. The van der Waals surface area contributed by atoms with Gasteiger partial charge in [-0.2, -0.15) is 0 Å². The lowest BCUT2D eigenvalue weighted by atomic mass is 10.1. The zero-order valence-electron chi connectivity index (χ0n) is 21.7. The van der Waals surface area contributed by atoms with Gasteiger partial charge in [-0.25, -0.2) is 8.42 Å². The first-order chi connectivity index (χ1) is 17.4. The Morgan fingerprint density at radius 3 is 2.11 bits per heavy atom. The van der Waals surface area contributed by atoms with E-state index in [-0.39, 0.29) is 17.3 Å². The van der Waals surface area contributed by atoms with Crippen molar-refractivity contribution in [1.82, 2.24) is 10.2 Å².